The molecule has 0 radical (unpaired) electrons. The van der Waals surface area contributed by atoms with Crippen LogP contribution in [0.25, 0.3) is 0 Å². The maximum Gasteiger partial charge on any atom is 1.00 e. The van der Waals surface area contributed by atoms with E-state index in [2.05, 4.69) is 37.4 Å². The molecule has 2 saturated heterocycles. The summed E-state index contributed by atoms with van der Waals surface area (Å²) in [5.74, 6) is -1.75. The Bertz CT molecular complexity index is 3190. The van der Waals surface area contributed by atoms with Gasteiger partial charge in [0.25, 0.3) is 0 Å². The Morgan fingerprint density at radius 3 is 1.52 bits per heavy atom. The van der Waals surface area contributed by atoms with Crippen molar-refractivity contribution in [1.82, 2.24) is 30.0 Å². The van der Waals surface area contributed by atoms with Crippen molar-refractivity contribution in [3.05, 3.63) is 43.0 Å². The number of hydrogen-bond acceptors (Lipinski definition) is 38. The van der Waals surface area contributed by atoms with Gasteiger partial charge < -0.3 is 72.7 Å². The minimum Gasteiger partial charge on any atom is -0.726 e. The van der Waals surface area contributed by atoms with Gasteiger partial charge in [-0.2, -0.15) is 11.6 Å². The van der Waals surface area contributed by atoms with Crippen molar-refractivity contribution in [2.45, 2.75) is 99.8 Å². The van der Waals surface area contributed by atoms with Crippen LogP contribution in [0.2, 0.25) is 0 Å². The molecule has 0 aromatic carbocycles. The Labute approximate surface area is 691 Å². The summed E-state index contributed by atoms with van der Waals surface area (Å²) in [6, 6.07) is 0. The van der Waals surface area contributed by atoms with Crippen LogP contribution in [0.4, 0.5) is 0 Å². The molecule has 61 heteroatoms. The third-order valence-electron chi connectivity index (χ3n) is 8.89. The third-order valence-corrected chi connectivity index (χ3v) is 12.0. The normalized spacial score (nSPS) is 24.7. The first kappa shape index (κ1) is 107. The van der Waals surface area contributed by atoms with Crippen LogP contribution < -0.4 is 236 Å². The number of ether oxygens (including phenoxy) is 5. The predicted molar refractivity (Wildman–Crippen MR) is 234 cm³/mol. The molecule has 470 valence electrons. The molecule has 0 bridgehead atoms. The van der Waals surface area contributed by atoms with Crippen LogP contribution in [0.15, 0.2) is 12.4 Å². The van der Waals surface area contributed by atoms with Crippen LogP contribution in [0.1, 0.15) is 24.7 Å². The van der Waals surface area contributed by atoms with Gasteiger partial charge in [-0.1, -0.05) is 15.8 Å². The van der Waals surface area contributed by atoms with Gasteiger partial charge in [0.1, 0.15) is 18.5 Å². The van der Waals surface area contributed by atoms with Crippen molar-refractivity contribution in [3.63, 3.8) is 0 Å². The second-order valence-electron chi connectivity index (χ2n) is 15.0. The first-order valence-corrected chi connectivity index (χ1v) is 31.7. The van der Waals surface area contributed by atoms with Gasteiger partial charge in [-0.15, -0.1) is 21.8 Å². The van der Waals surface area contributed by atoms with E-state index in [-0.39, 0.29) is 261 Å². The van der Waals surface area contributed by atoms with E-state index in [0.29, 0.717) is 6.61 Å². The van der Waals surface area contributed by atoms with Gasteiger partial charge in [0.15, 0.2) is 6.29 Å². The van der Waals surface area contributed by atoms with E-state index in [1.807, 2.05) is 0 Å². The van der Waals surface area contributed by atoms with Crippen LogP contribution >= 0.6 is 23.2 Å². The summed E-state index contributed by atoms with van der Waals surface area (Å²) in [6.45, 7) is 0.0101. The fourth-order valence-corrected chi connectivity index (χ4v) is 9.23. The molecule has 1 saturated carbocycles. The van der Waals surface area contributed by atoms with Crippen LogP contribution in [0, 0.1) is 25.2 Å². The number of aromatic nitrogens is 6. The van der Waals surface area contributed by atoms with Gasteiger partial charge in [0, 0.05) is 37.8 Å². The zero-order chi connectivity index (χ0) is 61.7. The summed E-state index contributed by atoms with van der Waals surface area (Å²) >= 11 is 12.4. The second-order valence-corrected chi connectivity index (χ2v) is 23.5. The molecule has 0 spiro atoms. The number of halogens is 2. The van der Waals surface area contributed by atoms with E-state index in [4.69, 9.17) is 104 Å². The molecule has 3 N–H and O–H groups in total. The molecular formula is C27H37Cl2N6Na8O37S8-3. The molecule has 2 aromatic rings. The summed E-state index contributed by atoms with van der Waals surface area (Å²) in [5, 5.41) is 14.0. The minimum absolute atomic E-state index is 0. The van der Waals surface area contributed by atoms with E-state index >= 15 is 0 Å². The standard InChI is InChI=1S/C27H39Cl2N6O25S5.8Na.3H2O4S/c1-2-51-14-35-9-16(30-33-35)3-19-25(60-65(48,49)50)20(57-62(39,40)41)5-24(54-19)52-11-17-10-34(32-31-17)8-15-6-27(13-28,7-22(15)59-64(45,46)47)56-26-21(58-63(42,43)44)4-18(29)23(55-26)12-53-61(36,37)38;;;;;;;;;3*1-5(2,3)4/h4-5,7,9-10,15,18-26H,2-3,6,8,11-14H2,1H3,(H,36,37,38)(H,39,40,41)(H,42,43,44)(H,45,46,47)(H,48,49,50);;;;;;;;;3*(H2,1,2,3,4)/q-3;8*+1;;;/p-8/t15-,18-,19-,20-,21-,22+,23-,24+,25-,26?,27-;;;;;;;;;;;/m1.........../s1. The fourth-order valence-electron chi connectivity index (χ4n) is 6.53. The molecule has 88 heavy (non-hydrogen) atoms. The molecule has 3 fully saturated rings. The number of alkyl halides is 2. The van der Waals surface area contributed by atoms with Crippen molar-refractivity contribution in [1.29, 1.82) is 0 Å². The number of hydrogen-bond donors (Lipinski definition) is 3. The van der Waals surface area contributed by atoms with Crippen molar-refractivity contribution in [2.24, 2.45) is 5.92 Å². The van der Waals surface area contributed by atoms with Crippen LogP contribution in [0.5, 0.6) is 0 Å². The van der Waals surface area contributed by atoms with Crippen molar-refractivity contribution in [3.8, 4) is 0 Å². The second kappa shape index (κ2) is 47.0. The first-order chi connectivity index (χ1) is 36.0. The van der Waals surface area contributed by atoms with E-state index in [9.17, 15) is 64.9 Å². The van der Waals surface area contributed by atoms with Crippen molar-refractivity contribution >= 4 is 106 Å². The summed E-state index contributed by atoms with van der Waals surface area (Å²) in [4.78, 5) is 0. The summed E-state index contributed by atoms with van der Waals surface area (Å²) in [7, 11) is -42.2. The maximum absolute atomic E-state index is 11.8. The first-order valence-electron chi connectivity index (χ1n) is 19.9. The van der Waals surface area contributed by atoms with Gasteiger partial charge in [0.05, 0.1) is 43.5 Å². The van der Waals surface area contributed by atoms with E-state index < -0.39 is 181 Å². The Morgan fingerprint density at radius 2 is 1.07 bits per heavy atom. The zero-order valence-electron chi connectivity index (χ0n) is 46.7. The Hall–Kier alpha value is 5.62. The van der Waals surface area contributed by atoms with E-state index in [1.54, 1.807) is 6.92 Å². The monoisotopic (exact) mass is 1550 g/mol. The molecule has 2 aliphatic heterocycles. The number of rotatable bonds is 24. The SMILES string of the molecule is CCOCn1cc(C[C@H]2O[C@H](OCc3cn(C[C@H]4C[C@@](CCl)(OC5O[C@H](COS(=O)(=O)[O-])[C@H](Cl)[CH-][C@H]5OS(=O)(=O)[O-])[CH-][C@@H]4OS(=O)(=O)[O-])nn3)[CH-][C@@H](OS(=O)(=O)[O-])[C@@H]2OS(=O)(=O)[O-])nn1.O=S(=O)([O-])O.O=S(=O)([O-])O.O=S(=O)([O-])O.[Na+].[Na+].[Na+].[Na+].[Na+].[Na+].[Na+].[Na+]. The topological polar surface area (TPSA) is 672 Å². The molecule has 1 aliphatic carbocycles. The fraction of sp³-hybridized carbons (Fsp3) is 0.741. The van der Waals surface area contributed by atoms with Gasteiger partial charge in [0.2, 0.25) is 83.2 Å². The summed E-state index contributed by atoms with van der Waals surface area (Å²) in [6.07, 6.45) is -10.3. The van der Waals surface area contributed by atoms with Gasteiger partial charge in [-0.05, 0) is 37.1 Å². The average Bonchev–Trinajstić information content (AvgIpc) is 3.96. The largest absolute Gasteiger partial charge is 1.00 e. The molecule has 3 aliphatic rings. The van der Waals surface area contributed by atoms with E-state index in [1.165, 1.54) is 17.1 Å². The Kier molecular flexibility index (Phi) is 57.2. The molecule has 2 aromatic heterocycles. The summed E-state index contributed by atoms with van der Waals surface area (Å²) in [5.41, 5.74) is -1.87. The maximum atomic E-state index is 11.8. The van der Waals surface area contributed by atoms with Crippen LogP contribution in [-0.2, 0) is 154 Å². The number of nitrogens with zero attached hydrogens (tertiary/aromatic N) is 6. The molecular weight excluding hydrogens is 1510 g/mol. The van der Waals surface area contributed by atoms with Gasteiger partial charge in [-0.25, -0.2) is 78.4 Å². The molecule has 5 rings (SSSR count). The van der Waals surface area contributed by atoms with Crippen molar-refractivity contribution in [2.75, 3.05) is 19.1 Å². The minimum atomic E-state index is -5.59. The summed E-state index contributed by atoms with van der Waals surface area (Å²) < 4.78 is 324. The Morgan fingerprint density at radius 1 is 0.625 bits per heavy atom. The zero-order valence-corrected chi connectivity index (χ0v) is 70.8. The van der Waals surface area contributed by atoms with Gasteiger partial charge in [-0.3, -0.25) is 39.5 Å². The third kappa shape index (κ3) is 51.7. The molecule has 4 heterocycles. The average molecular weight is 1550 g/mol. The van der Waals surface area contributed by atoms with Crippen LogP contribution in [0.3, 0.4) is 0 Å². The molecule has 0 amide bonds. The smallest absolute Gasteiger partial charge is 0.726 e. The van der Waals surface area contributed by atoms with E-state index in [0.717, 1.165) is 23.9 Å². The van der Waals surface area contributed by atoms with Gasteiger partial charge >= 0.3 is 236 Å². The molecule has 11 atom stereocenters. The quantitative estimate of drug-likeness (QED) is 0.0289. The van der Waals surface area contributed by atoms with Crippen molar-refractivity contribution < 1.29 is 398 Å². The predicted octanol–water partition coefficient (Wildman–Crippen LogP) is -30.8. The van der Waals surface area contributed by atoms with Crippen LogP contribution in [-0.4, -0.2) is 227 Å². The molecule has 43 nitrogen and oxygen atoms in total. The molecule has 1 unspecified atom stereocenters. The Balaban J connectivity index is -0.000000509.